The Hall–Kier alpha value is -0.370. The molecule has 5 aliphatic rings. The standard InChI is InChI=1S/C19H28O2/c1-17-8-3-4-13(17)12-5-11-19-16(21-19)15(20)7-10-18(19,2)14(12)6-9-17/h12-14,16H,3-11H2,1-2H3/t12-,13+,14-,16+,17+,18+,19+/m0/s1. The predicted molar refractivity (Wildman–Crippen MR) is 80.8 cm³/mol. The third-order valence-corrected chi connectivity index (χ3v) is 8.73. The number of Topliss-reactive ketones (excluding diaryl/α,β-unsaturated/α-hetero) is 1. The summed E-state index contributed by atoms with van der Waals surface area (Å²) in [5, 5.41) is 0. The molecular weight excluding hydrogens is 260 g/mol. The van der Waals surface area contributed by atoms with E-state index < -0.39 is 0 Å². The molecule has 4 aliphatic carbocycles. The highest BCUT2D eigenvalue weighted by Crippen LogP contribution is 2.72. The van der Waals surface area contributed by atoms with Crippen LogP contribution >= 0.6 is 0 Å². The van der Waals surface area contributed by atoms with E-state index in [1.54, 1.807) is 0 Å². The van der Waals surface area contributed by atoms with Crippen LogP contribution in [-0.2, 0) is 9.53 Å². The van der Waals surface area contributed by atoms with Crippen molar-refractivity contribution in [1.82, 2.24) is 0 Å². The van der Waals surface area contributed by atoms with Gasteiger partial charge in [-0.1, -0.05) is 20.3 Å². The van der Waals surface area contributed by atoms with Gasteiger partial charge in [-0.05, 0) is 68.1 Å². The molecule has 7 atom stereocenters. The third kappa shape index (κ3) is 1.37. The van der Waals surface area contributed by atoms with Crippen molar-refractivity contribution in [2.75, 3.05) is 0 Å². The number of hydrogen-bond donors (Lipinski definition) is 0. The Bertz CT molecular complexity index is 514. The molecule has 0 N–H and O–H groups in total. The summed E-state index contributed by atoms with van der Waals surface area (Å²) in [5.41, 5.74) is 0.893. The van der Waals surface area contributed by atoms with Gasteiger partial charge < -0.3 is 4.74 Å². The molecule has 1 spiro atoms. The molecule has 4 saturated carbocycles. The Balaban J connectivity index is 1.52. The number of fused-ring (bicyclic) bond motifs is 4. The zero-order chi connectivity index (χ0) is 14.5. The fraction of sp³-hybridized carbons (Fsp3) is 0.947. The van der Waals surface area contributed by atoms with Crippen molar-refractivity contribution in [1.29, 1.82) is 0 Å². The minimum Gasteiger partial charge on any atom is -0.357 e. The van der Waals surface area contributed by atoms with E-state index in [1.165, 1.54) is 38.5 Å². The highest BCUT2D eigenvalue weighted by Gasteiger charge is 2.76. The Kier molecular flexibility index (Phi) is 2.34. The van der Waals surface area contributed by atoms with Crippen molar-refractivity contribution in [3.8, 4) is 0 Å². The van der Waals surface area contributed by atoms with Crippen molar-refractivity contribution in [2.45, 2.75) is 83.3 Å². The van der Waals surface area contributed by atoms with Crippen molar-refractivity contribution in [3.63, 3.8) is 0 Å². The first kappa shape index (κ1) is 13.1. The highest BCUT2D eigenvalue weighted by molar-refractivity contribution is 5.88. The fourth-order valence-corrected chi connectivity index (χ4v) is 7.49. The van der Waals surface area contributed by atoms with Crippen LogP contribution in [-0.4, -0.2) is 17.5 Å². The third-order valence-electron chi connectivity index (χ3n) is 8.73. The second-order valence-corrected chi connectivity index (χ2v) is 9.27. The summed E-state index contributed by atoms with van der Waals surface area (Å²) in [6.07, 6.45) is 11.5. The lowest BCUT2D eigenvalue weighted by atomic mass is 9.45. The van der Waals surface area contributed by atoms with E-state index in [1.807, 2.05) is 0 Å². The van der Waals surface area contributed by atoms with Gasteiger partial charge in [-0.15, -0.1) is 0 Å². The molecule has 0 bridgehead atoms. The number of carbonyl (C=O) groups is 1. The molecular formula is C19H28O2. The van der Waals surface area contributed by atoms with Crippen LogP contribution in [0.3, 0.4) is 0 Å². The Morgan fingerprint density at radius 2 is 1.86 bits per heavy atom. The lowest BCUT2D eigenvalue weighted by molar-refractivity contribution is -0.129. The highest BCUT2D eigenvalue weighted by atomic mass is 16.6. The van der Waals surface area contributed by atoms with E-state index >= 15 is 0 Å². The Morgan fingerprint density at radius 3 is 2.71 bits per heavy atom. The van der Waals surface area contributed by atoms with Gasteiger partial charge in [-0.25, -0.2) is 0 Å². The molecule has 21 heavy (non-hydrogen) atoms. The number of hydrogen-bond acceptors (Lipinski definition) is 2. The summed E-state index contributed by atoms with van der Waals surface area (Å²) in [7, 11) is 0. The molecule has 0 aromatic carbocycles. The average molecular weight is 288 g/mol. The van der Waals surface area contributed by atoms with Gasteiger partial charge in [0.2, 0.25) is 0 Å². The molecule has 1 heterocycles. The van der Waals surface area contributed by atoms with Crippen molar-refractivity contribution >= 4 is 5.78 Å². The van der Waals surface area contributed by atoms with Gasteiger partial charge in [0.15, 0.2) is 5.78 Å². The van der Waals surface area contributed by atoms with Gasteiger partial charge in [-0.2, -0.15) is 0 Å². The number of ether oxygens (including phenoxy) is 1. The molecule has 0 aromatic heterocycles. The number of carbonyl (C=O) groups excluding carboxylic acids is 1. The molecule has 2 nitrogen and oxygen atoms in total. The number of epoxide rings is 1. The van der Waals surface area contributed by atoms with Crippen molar-refractivity contribution in [3.05, 3.63) is 0 Å². The first-order chi connectivity index (χ1) is 10.0. The molecule has 116 valence electrons. The second kappa shape index (κ2) is 3.75. The van der Waals surface area contributed by atoms with Gasteiger partial charge in [0, 0.05) is 11.8 Å². The summed E-state index contributed by atoms with van der Waals surface area (Å²) in [4.78, 5) is 12.1. The molecule has 0 unspecified atom stereocenters. The zero-order valence-electron chi connectivity index (χ0n) is 13.5. The van der Waals surface area contributed by atoms with Crippen molar-refractivity contribution in [2.24, 2.45) is 28.6 Å². The Morgan fingerprint density at radius 1 is 1.00 bits per heavy atom. The maximum Gasteiger partial charge on any atom is 0.164 e. The molecule has 1 aliphatic heterocycles. The number of ketones is 1. The van der Waals surface area contributed by atoms with E-state index in [-0.39, 0.29) is 11.7 Å². The minimum absolute atomic E-state index is 0.0194. The maximum atomic E-state index is 12.1. The van der Waals surface area contributed by atoms with Crippen LogP contribution in [0.4, 0.5) is 0 Å². The first-order valence-electron chi connectivity index (χ1n) is 9.21. The van der Waals surface area contributed by atoms with Crippen LogP contribution < -0.4 is 0 Å². The van der Waals surface area contributed by atoms with E-state index in [4.69, 9.17) is 4.74 Å². The monoisotopic (exact) mass is 288 g/mol. The van der Waals surface area contributed by atoms with Gasteiger partial charge in [0.05, 0.1) is 0 Å². The van der Waals surface area contributed by atoms with Crippen LogP contribution in [0.15, 0.2) is 0 Å². The molecule has 5 fully saturated rings. The van der Waals surface area contributed by atoms with Crippen LogP contribution in [0, 0.1) is 28.6 Å². The summed E-state index contributed by atoms with van der Waals surface area (Å²) in [6.45, 7) is 5.04. The zero-order valence-corrected chi connectivity index (χ0v) is 13.5. The molecule has 2 heteroatoms. The molecule has 0 radical (unpaired) electrons. The molecule has 5 rings (SSSR count). The topological polar surface area (TPSA) is 29.6 Å². The Labute approximate surface area is 128 Å². The van der Waals surface area contributed by atoms with Crippen molar-refractivity contribution < 1.29 is 9.53 Å². The summed E-state index contributed by atoms with van der Waals surface area (Å²) in [6, 6.07) is 0. The van der Waals surface area contributed by atoms with Crippen LogP contribution in [0.25, 0.3) is 0 Å². The van der Waals surface area contributed by atoms with Crippen LogP contribution in [0.2, 0.25) is 0 Å². The van der Waals surface area contributed by atoms with Crippen LogP contribution in [0.1, 0.15) is 71.6 Å². The van der Waals surface area contributed by atoms with E-state index in [0.29, 0.717) is 16.6 Å². The molecule has 0 aromatic rings. The average Bonchev–Trinajstić information content (AvgIpc) is 3.08. The lowest BCUT2D eigenvalue weighted by Gasteiger charge is -2.58. The summed E-state index contributed by atoms with van der Waals surface area (Å²) in [5.74, 6) is 3.09. The van der Waals surface area contributed by atoms with Gasteiger partial charge in [-0.3, -0.25) is 4.79 Å². The van der Waals surface area contributed by atoms with E-state index in [9.17, 15) is 4.79 Å². The summed E-state index contributed by atoms with van der Waals surface area (Å²) >= 11 is 0. The predicted octanol–water partition coefficient (Wildman–Crippen LogP) is 4.12. The largest absolute Gasteiger partial charge is 0.357 e. The summed E-state index contributed by atoms with van der Waals surface area (Å²) < 4.78 is 6.12. The molecule has 1 saturated heterocycles. The van der Waals surface area contributed by atoms with Gasteiger partial charge in [0.1, 0.15) is 11.7 Å². The molecule has 0 amide bonds. The SMILES string of the molecule is C[C@]12CCC[C@@H]1[C@@H]1CC[C@@]34O[C@@H]3C(=O)CC[C@]4(C)[C@H]1CC2. The first-order valence-corrected chi connectivity index (χ1v) is 9.21. The van der Waals surface area contributed by atoms with E-state index in [2.05, 4.69) is 13.8 Å². The lowest BCUT2D eigenvalue weighted by Crippen LogP contribution is -2.57. The maximum absolute atomic E-state index is 12.1. The quantitative estimate of drug-likeness (QED) is 0.628. The minimum atomic E-state index is -0.0319. The number of rotatable bonds is 0. The second-order valence-electron chi connectivity index (χ2n) is 9.27. The normalized spacial score (nSPS) is 61.5. The van der Waals surface area contributed by atoms with Gasteiger partial charge >= 0.3 is 0 Å². The fourth-order valence-electron chi connectivity index (χ4n) is 7.49. The smallest absolute Gasteiger partial charge is 0.164 e. The van der Waals surface area contributed by atoms with Crippen LogP contribution in [0.5, 0.6) is 0 Å². The van der Waals surface area contributed by atoms with E-state index in [0.717, 1.165) is 37.0 Å². The van der Waals surface area contributed by atoms with Gasteiger partial charge in [0.25, 0.3) is 0 Å².